The number of rotatable bonds is 8. The van der Waals surface area contributed by atoms with Gasteiger partial charge in [-0.15, -0.1) is 0 Å². The zero-order valence-corrected chi connectivity index (χ0v) is 10.8. The molecule has 0 saturated heterocycles. The smallest absolute Gasteiger partial charge is 0.140 e. The fourth-order valence-corrected chi connectivity index (χ4v) is 2.10. The SMILES string of the molecule is CCC(CC)CC(=O)C(CC)(CC)CN. The molecule has 0 amide bonds. The third-order valence-corrected chi connectivity index (χ3v) is 3.96. The van der Waals surface area contributed by atoms with Crippen molar-refractivity contribution in [1.82, 2.24) is 0 Å². The molecule has 0 heterocycles. The Hall–Kier alpha value is -0.370. The zero-order valence-electron chi connectivity index (χ0n) is 10.8. The van der Waals surface area contributed by atoms with Gasteiger partial charge in [0, 0.05) is 18.4 Å². The van der Waals surface area contributed by atoms with Crippen molar-refractivity contribution < 1.29 is 4.79 Å². The van der Waals surface area contributed by atoms with Crippen molar-refractivity contribution >= 4 is 5.78 Å². The summed E-state index contributed by atoms with van der Waals surface area (Å²) < 4.78 is 0. The highest BCUT2D eigenvalue weighted by Gasteiger charge is 2.33. The maximum atomic E-state index is 12.2. The van der Waals surface area contributed by atoms with E-state index in [0.717, 1.165) is 25.7 Å². The molecule has 90 valence electrons. The molecule has 2 N–H and O–H groups in total. The molecule has 0 spiro atoms. The average Bonchev–Trinajstić information content (AvgIpc) is 2.29. The lowest BCUT2D eigenvalue weighted by Gasteiger charge is -2.29. The van der Waals surface area contributed by atoms with Crippen molar-refractivity contribution in [2.24, 2.45) is 17.1 Å². The van der Waals surface area contributed by atoms with Crippen LogP contribution in [0.15, 0.2) is 0 Å². The predicted octanol–water partition coefficient (Wildman–Crippen LogP) is 3.15. The molecule has 0 fully saturated rings. The van der Waals surface area contributed by atoms with Crippen LogP contribution in [0.1, 0.15) is 59.8 Å². The Morgan fingerprint density at radius 2 is 1.60 bits per heavy atom. The van der Waals surface area contributed by atoms with Crippen molar-refractivity contribution in [3.63, 3.8) is 0 Å². The first-order valence-corrected chi connectivity index (χ1v) is 6.33. The van der Waals surface area contributed by atoms with Gasteiger partial charge < -0.3 is 5.73 Å². The van der Waals surface area contributed by atoms with Crippen molar-refractivity contribution in [1.29, 1.82) is 0 Å². The molecule has 2 nitrogen and oxygen atoms in total. The van der Waals surface area contributed by atoms with Crippen LogP contribution in [0, 0.1) is 11.3 Å². The second-order valence-electron chi connectivity index (χ2n) is 4.50. The van der Waals surface area contributed by atoms with E-state index < -0.39 is 0 Å². The molecule has 0 aromatic carbocycles. The van der Waals surface area contributed by atoms with E-state index >= 15 is 0 Å². The molecular weight excluding hydrogens is 186 g/mol. The average molecular weight is 213 g/mol. The highest BCUT2D eigenvalue weighted by atomic mass is 16.1. The van der Waals surface area contributed by atoms with Crippen LogP contribution in [-0.4, -0.2) is 12.3 Å². The molecule has 0 aromatic rings. The molecule has 0 bridgehead atoms. The van der Waals surface area contributed by atoms with E-state index in [4.69, 9.17) is 5.73 Å². The topological polar surface area (TPSA) is 43.1 Å². The molecule has 0 radical (unpaired) electrons. The van der Waals surface area contributed by atoms with Gasteiger partial charge in [0.1, 0.15) is 5.78 Å². The van der Waals surface area contributed by atoms with E-state index in [1.165, 1.54) is 0 Å². The number of carbonyl (C=O) groups excluding carboxylic acids is 1. The van der Waals surface area contributed by atoms with Crippen LogP contribution < -0.4 is 5.73 Å². The Kier molecular flexibility index (Phi) is 6.82. The van der Waals surface area contributed by atoms with Gasteiger partial charge in [-0.2, -0.15) is 0 Å². The second-order valence-corrected chi connectivity index (χ2v) is 4.50. The van der Waals surface area contributed by atoms with E-state index in [2.05, 4.69) is 27.7 Å². The molecule has 0 rings (SSSR count). The van der Waals surface area contributed by atoms with Crippen LogP contribution in [0.5, 0.6) is 0 Å². The van der Waals surface area contributed by atoms with Gasteiger partial charge in [-0.1, -0.05) is 40.5 Å². The Morgan fingerprint density at radius 3 is 1.87 bits per heavy atom. The molecule has 0 unspecified atom stereocenters. The summed E-state index contributed by atoms with van der Waals surface area (Å²) in [6.07, 6.45) is 4.65. The monoisotopic (exact) mass is 213 g/mol. The third kappa shape index (κ3) is 3.60. The molecule has 0 atom stereocenters. The third-order valence-electron chi connectivity index (χ3n) is 3.96. The molecule has 2 heteroatoms. The summed E-state index contributed by atoms with van der Waals surface area (Å²) in [6, 6.07) is 0. The maximum Gasteiger partial charge on any atom is 0.140 e. The van der Waals surface area contributed by atoms with Gasteiger partial charge in [0.25, 0.3) is 0 Å². The minimum atomic E-state index is -0.247. The van der Waals surface area contributed by atoms with Crippen LogP contribution in [-0.2, 0) is 4.79 Å². The van der Waals surface area contributed by atoms with Crippen LogP contribution in [0.25, 0.3) is 0 Å². The zero-order chi connectivity index (χ0) is 11.9. The highest BCUT2D eigenvalue weighted by Crippen LogP contribution is 2.30. The fourth-order valence-electron chi connectivity index (χ4n) is 2.10. The van der Waals surface area contributed by atoms with Gasteiger partial charge in [-0.3, -0.25) is 4.79 Å². The second kappa shape index (κ2) is 7.00. The van der Waals surface area contributed by atoms with Crippen LogP contribution in [0.3, 0.4) is 0 Å². The van der Waals surface area contributed by atoms with Gasteiger partial charge in [0.05, 0.1) is 0 Å². The standard InChI is InChI=1S/C13H27NO/c1-5-11(6-2)9-12(15)13(7-3,8-4)10-14/h11H,5-10,14H2,1-4H3. The van der Waals surface area contributed by atoms with E-state index in [1.54, 1.807) is 0 Å². The molecule has 0 aromatic heterocycles. The summed E-state index contributed by atoms with van der Waals surface area (Å²) >= 11 is 0. The first-order chi connectivity index (χ1) is 7.10. The normalized spacial score (nSPS) is 12.1. The van der Waals surface area contributed by atoms with Crippen LogP contribution in [0.4, 0.5) is 0 Å². The van der Waals surface area contributed by atoms with Gasteiger partial charge >= 0.3 is 0 Å². The number of ketones is 1. The van der Waals surface area contributed by atoms with Crippen molar-refractivity contribution in [3.05, 3.63) is 0 Å². The summed E-state index contributed by atoms with van der Waals surface area (Å²) in [6.45, 7) is 8.95. The lowest BCUT2D eigenvalue weighted by Crippen LogP contribution is -2.38. The van der Waals surface area contributed by atoms with Crippen LogP contribution >= 0.6 is 0 Å². The van der Waals surface area contributed by atoms with E-state index in [9.17, 15) is 4.79 Å². The summed E-state index contributed by atoms with van der Waals surface area (Å²) in [4.78, 5) is 12.2. The highest BCUT2D eigenvalue weighted by molar-refractivity contribution is 5.85. The maximum absolute atomic E-state index is 12.2. The number of Topliss-reactive ketones (excluding diaryl/α,β-unsaturated/α-hetero) is 1. The molecule has 0 aliphatic rings. The Balaban J connectivity index is 4.51. The molecule has 0 aliphatic carbocycles. The number of nitrogens with two attached hydrogens (primary N) is 1. The van der Waals surface area contributed by atoms with E-state index in [-0.39, 0.29) is 5.41 Å². The summed E-state index contributed by atoms with van der Waals surface area (Å²) in [5.74, 6) is 0.922. The fraction of sp³-hybridized carbons (Fsp3) is 0.923. The van der Waals surface area contributed by atoms with E-state index in [0.29, 0.717) is 24.7 Å². The van der Waals surface area contributed by atoms with Gasteiger partial charge in [0.15, 0.2) is 0 Å². The minimum Gasteiger partial charge on any atom is -0.329 e. The largest absolute Gasteiger partial charge is 0.329 e. The van der Waals surface area contributed by atoms with E-state index in [1.807, 2.05) is 0 Å². The lowest BCUT2D eigenvalue weighted by atomic mass is 9.75. The number of hydrogen-bond donors (Lipinski definition) is 1. The van der Waals surface area contributed by atoms with Crippen molar-refractivity contribution in [2.45, 2.75) is 59.8 Å². The molecule has 0 aliphatic heterocycles. The van der Waals surface area contributed by atoms with Gasteiger partial charge in [-0.25, -0.2) is 0 Å². The Labute approximate surface area is 94.6 Å². The van der Waals surface area contributed by atoms with Gasteiger partial charge in [0.2, 0.25) is 0 Å². The van der Waals surface area contributed by atoms with Crippen molar-refractivity contribution in [2.75, 3.05) is 6.54 Å². The predicted molar refractivity (Wildman–Crippen MR) is 65.8 cm³/mol. The molecule has 15 heavy (non-hydrogen) atoms. The first-order valence-electron chi connectivity index (χ1n) is 6.33. The van der Waals surface area contributed by atoms with Crippen molar-refractivity contribution in [3.8, 4) is 0 Å². The Morgan fingerprint density at radius 1 is 1.13 bits per heavy atom. The first kappa shape index (κ1) is 14.6. The molecule has 0 saturated carbocycles. The minimum absolute atomic E-state index is 0.247. The summed E-state index contributed by atoms with van der Waals surface area (Å²) in [5.41, 5.74) is 5.52. The molecular formula is C13H27NO. The number of hydrogen-bond acceptors (Lipinski definition) is 2. The number of carbonyl (C=O) groups is 1. The quantitative estimate of drug-likeness (QED) is 0.673. The summed E-state index contributed by atoms with van der Waals surface area (Å²) in [7, 11) is 0. The summed E-state index contributed by atoms with van der Waals surface area (Å²) in [5, 5.41) is 0. The Bertz CT molecular complexity index is 173. The lowest BCUT2D eigenvalue weighted by molar-refractivity contribution is -0.129. The van der Waals surface area contributed by atoms with Gasteiger partial charge in [-0.05, 0) is 18.8 Å². The van der Waals surface area contributed by atoms with Crippen LogP contribution in [0.2, 0.25) is 0 Å².